The number of isocyanates is 1. The Bertz CT molecular complexity index is 119. The Morgan fingerprint density at radius 2 is 2.43 bits per heavy atom. The van der Waals surface area contributed by atoms with Gasteiger partial charge in [0, 0.05) is 0 Å². The van der Waals surface area contributed by atoms with E-state index in [0.717, 1.165) is 6.08 Å². The van der Waals surface area contributed by atoms with E-state index in [1.807, 2.05) is 0 Å². The highest BCUT2D eigenvalue weighted by molar-refractivity contribution is 8.12. The molecule has 0 aliphatic heterocycles. The monoisotopic (exact) mass is 121 g/mol. The summed E-state index contributed by atoms with van der Waals surface area (Å²) in [4.78, 5) is 18.3. The normalized spacial score (nSPS) is 7.00. The molecule has 5 heteroatoms. The average molecular weight is 121 g/mol. The highest BCUT2D eigenvalue weighted by Crippen LogP contribution is 2.02. The smallest absolute Gasteiger partial charge is 0.246 e. The fourth-order valence-electron chi connectivity index (χ4n) is 0.0545. The van der Waals surface area contributed by atoms with Gasteiger partial charge in [0.1, 0.15) is 0 Å². The summed E-state index contributed by atoms with van der Waals surface area (Å²) < 4.78 is 13.5. The zero-order chi connectivity index (χ0) is 5.70. The first-order valence-electron chi connectivity index (χ1n) is 1.21. The molecule has 0 amide bonds. The summed E-state index contributed by atoms with van der Waals surface area (Å²) >= 11 is -0.0729. The Balaban J connectivity index is 3.32. The summed E-state index contributed by atoms with van der Waals surface area (Å²) in [5, 5.41) is -1.71. The molecule has 0 aliphatic carbocycles. The number of nitrogens with zero attached hydrogens (tertiary/aromatic N) is 1. The summed E-state index contributed by atoms with van der Waals surface area (Å²) in [5.74, 6) is 0. The number of rotatable bonds is 1. The van der Waals surface area contributed by atoms with Crippen molar-refractivity contribution in [3.8, 4) is 0 Å². The van der Waals surface area contributed by atoms with E-state index in [9.17, 15) is 9.18 Å². The predicted molar refractivity (Wildman–Crippen MR) is 22.2 cm³/mol. The molecule has 7 heavy (non-hydrogen) atoms. The van der Waals surface area contributed by atoms with Gasteiger partial charge < -0.3 is 0 Å². The summed E-state index contributed by atoms with van der Waals surface area (Å²) in [6.45, 7) is 0. The molecule has 0 aromatic heterocycles. The van der Waals surface area contributed by atoms with Crippen molar-refractivity contribution in [3.05, 3.63) is 0 Å². The van der Waals surface area contributed by atoms with Crippen LogP contribution in [0.2, 0.25) is 0 Å². The molecule has 0 spiro atoms. The molecule has 0 radical (unpaired) electrons. The van der Waals surface area contributed by atoms with Crippen LogP contribution in [0.4, 0.5) is 9.18 Å². The minimum atomic E-state index is -1.71. The van der Waals surface area contributed by atoms with E-state index in [4.69, 9.17) is 4.79 Å². The van der Waals surface area contributed by atoms with Crippen LogP contribution in [0.5, 0.6) is 0 Å². The molecular formula is C2FNO2S. The van der Waals surface area contributed by atoms with Gasteiger partial charge in [-0.15, -0.1) is 8.79 Å². The molecule has 0 heterocycles. The molecule has 0 saturated carbocycles. The third kappa shape index (κ3) is 5.33. The maximum atomic E-state index is 10.9. The van der Waals surface area contributed by atoms with Crippen molar-refractivity contribution in [1.82, 2.24) is 0 Å². The molecule has 0 aromatic carbocycles. The van der Waals surface area contributed by atoms with Crippen molar-refractivity contribution >= 4 is 23.4 Å². The number of carbonyl (C=O) groups excluding carboxylic acids is 2. The Morgan fingerprint density at radius 3 is 2.57 bits per heavy atom. The molecule has 3 nitrogen and oxygen atoms in total. The first-order valence-corrected chi connectivity index (χ1v) is 1.98. The zero-order valence-electron chi connectivity index (χ0n) is 3.05. The largest absolute Gasteiger partial charge is 0.382 e. The highest BCUT2D eigenvalue weighted by Gasteiger charge is 1.92. The van der Waals surface area contributed by atoms with Crippen molar-refractivity contribution in [3.63, 3.8) is 0 Å². The van der Waals surface area contributed by atoms with Crippen molar-refractivity contribution in [2.24, 2.45) is 4.40 Å². The van der Waals surface area contributed by atoms with Gasteiger partial charge in [0.15, 0.2) is 0 Å². The standard InChI is InChI=1S/C2FNO2S/c3-2(6)7-4-1-5. The van der Waals surface area contributed by atoms with Crippen LogP contribution in [0, 0.1) is 0 Å². The van der Waals surface area contributed by atoms with Crippen LogP contribution in [-0.4, -0.2) is 11.4 Å². The second-order valence-electron chi connectivity index (χ2n) is 0.511. The molecule has 0 saturated heterocycles. The molecular weight excluding hydrogens is 121 g/mol. The van der Waals surface area contributed by atoms with E-state index in [0.29, 0.717) is 0 Å². The lowest BCUT2D eigenvalue weighted by Gasteiger charge is -1.67. The molecule has 0 aliphatic rings. The zero-order valence-corrected chi connectivity index (χ0v) is 3.87. The van der Waals surface area contributed by atoms with Gasteiger partial charge in [0.25, 0.3) is 0 Å². The number of hydrogen-bond acceptors (Lipinski definition) is 4. The van der Waals surface area contributed by atoms with Crippen LogP contribution in [0.15, 0.2) is 4.40 Å². The Labute approximate surface area is 42.7 Å². The van der Waals surface area contributed by atoms with Crippen molar-refractivity contribution in [2.45, 2.75) is 0 Å². The fraction of sp³-hybridized carbons (Fsp3) is 0. The van der Waals surface area contributed by atoms with Gasteiger partial charge in [-0.3, -0.25) is 0 Å². The molecule has 0 rings (SSSR count). The maximum Gasteiger partial charge on any atom is 0.382 e. The van der Waals surface area contributed by atoms with Crippen LogP contribution in [0.3, 0.4) is 0 Å². The van der Waals surface area contributed by atoms with Gasteiger partial charge in [-0.05, 0) is 0 Å². The Morgan fingerprint density at radius 1 is 1.86 bits per heavy atom. The SMILES string of the molecule is O=C=NSC(=O)F. The first-order chi connectivity index (χ1) is 3.27. The second kappa shape index (κ2) is 3.52. The van der Waals surface area contributed by atoms with E-state index < -0.39 is 5.37 Å². The Hall–Kier alpha value is -0.670. The lowest BCUT2D eigenvalue weighted by Crippen LogP contribution is -1.64. The minimum Gasteiger partial charge on any atom is -0.246 e. The molecule has 0 bridgehead atoms. The van der Waals surface area contributed by atoms with Crippen LogP contribution in [0.25, 0.3) is 0 Å². The van der Waals surface area contributed by atoms with E-state index in [-0.39, 0.29) is 11.9 Å². The second-order valence-corrected chi connectivity index (χ2v) is 1.20. The third-order valence-electron chi connectivity index (χ3n) is 0.155. The van der Waals surface area contributed by atoms with E-state index in [1.165, 1.54) is 0 Å². The Kier molecular flexibility index (Phi) is 3.18. The summed E-state index contributed by atoms with van der Waals surface area (Å²) in [6, 6.07) is 0. The topological polar surface area (TPSA) is 46.5 Å². The van der Waals surface area contributed by atoms with E-state index in [1.54, 1.807) is 0 Å². The molecule has 0 N–H and O–H groups in total. The lowest BCUT2D eigenvalue weighted by molar-refractivity contribution is 0.245. The van der Waals surface area contributed by atoms with Crippen LogP contribution < -0.4 is 0 Å². The van der Waals surface area contributed by atoms with E-state index >= 15 is 0 Å². The van der Waals surface area contributed by atoms with Gasteiger partial charge in [-0.2, -0.15) is 0 Å². The van der Waals surface area contributed by atoms with Crippen LogP contribution >= 0.6 is 11.9 Å². The third-order valence-corrected chi connectivity index (χ3v) is 0.464. The van der Waals surface area contributed by atoms with Crippen molar-refractivity contribution < 1.29 is 14.0 Å². The molecule has 0 fully saturated rings. The molecule has 0 unspecified atom stereocenters. The minimum absolute atomic E-state index is 0.0729. The molecule has 0 aromatic rings. The van der Waals surface area contributed by atoms with Gasteiger partial charge in [0.05, 0.1) is 11.9 Å². The quantitative estimate of drug-likeness (QED) is 0.225. The first kappa shape index (κ1) is 6.33. The van der Waals surface area contributed by atoms with Crippen molar-refractivity contribution in [1.29, 1.82) is 0 Å². The van der Waals surface area contributed by atoms with Crippen LogP contribution in [-0.2, 0) is 4.79 Å². The van der Waals surface area contributed by atoms with Gasteiger partial charge in [-0.25, -0.2) is 9.59 Å². The van der Waals surface area contributed by atoms with Crippen LogP contribution in [0.1, 0.15) is 0 Å². The molecule has 38 valence electrons. The summed E-state index contributed by atoms with van der Waals surface area (Å²) in [6.07, 6.45) is 0.976. The number of hydrogen-bond donors (Lipinski definition) is 0. The number of halogens is 1. The lowest BCUT2D eigenvalue weighted by atomic mass is 11.7. The summed E-state index contributed by atoms with van der Waals surface area (Å²) in [5.41, 5.74) is 0. The fourth-order valence-corrected chi connectivity index (χ4v) is 0.164. The van der Waals surface area contributed by atoms with Gasteiger partial charge in [-0.1, -0.05) is 0 Å². The van der Waals surface area contributed by atoms with Crippen molar-refractivity contribution in [2.75, 3.05) is 0 Å². The maximum absolute atomic E-state index is 10.9. The van der Waals surface area contributed by atoms with Gasteiger partial charge >= 0.3 is 5.37 Å². The number of carbonyl (C=O) groups is 1. The predicted octanol–water partition coefficient (Wildman–Crippen LogP) is 1.06. The van der Waals surface area contributed by atoms with E-state index in [2.05, 4.69) is 4.40 Å². The highest BCUT2D eigenvalue weighted by atomic mass is 32.2. The molecule has 0 atom stereocenters. The van der Waals surface area contributed by atoms with Gasteiger partial charge in [0.2, 0.25) is 6.08 Å². The average Bonchev–Trinajstić information content (AvgIpc) is 1.61. The summed E-state index contributed by atoms with van der Waals surface area (Å²) in [7, 11) is 0.